The summed E-state index contributed by atoms with van der Waals surface area (Å²) >= 11 is 0. The largest absolute Gasteiger partial charge is 0.492 e. The SMILES string of the molecule is CN(C)c1ccc(OC2CCN(S(=O)(=O)CCOc3ccccc3)C2)nn1. The van der Waals surface area contributed by atoms with Crippen LogP contribution in [0.15, 0.2) is 42.5 Å². The Hall–Kier alpha value is -2.39. The fourth-order valence-corrected chi connectivity index (χ4v) is 4.07. The van der Waals surface area contributed by atoms with Gasteiger partial charge in [-0.2, -0.15) is 4.31 Å². The van der Waals surface area contributed by atoms with E-state index >= 15 is 0 Å². The van der Waals surface area contributed by atoms with Crippen molar-refractivity contribution in [2.75, 3.05) is 44.4 Å². The molecule has 0 saturated carbocycles. The number of aromatic nitrogens is 2. The number of anilines is 1. The molecule has 9 heteroatoms. The molecule has 2 heterocycles. The van der Waals surface area contributed by atoms with Crippen molar-refractivity contribution in [1.29, 1.82) is 0 Å². The van der Waals surface area contributed by atoms with Crippen LogP contribution in [0.3, 0.4) is 0 Å². The van der Waals surface area contributed by atoms with Crippen molar-refractivity contribution >= 4 is 15.8 Å². The maximum absolute atomic E-state index is 12.5. The Bertz CT molecular complexity index is 828. The lowest BCUT2D eigenvalue weighted by Gasteiger charge is -2.17. The third kappa shape index (κ3) is 5.30. The van der Waals surface area contributed by atoms with Crippen LogP contribution in [0.4, 0.5) is 5.82 Å². The number of rotatable bonds is 8. The van der Waals surface area contributed by atoms with Crippen LogP contribution in [-0.2, 0) is 10.0 Å². The minimum atomic E-state index is -3.39. The van der Waals surface area contributed by atoms with Gasteiger partial charge in [-0.15, -0.1) is 10.2 Å². The summed E-state index contributed by atoms with van der Waals surface area (Å²) in [6.07, 6.45) is 0.393. The van der Waals surface area contributed by atoms with Crippen LogP contribution >= 0.6 is 0 Å². The minimum Gasteiger partial charge on any atom is -0.492 e. The lowest BCUT2D eigenvalue weighted by Crippen LogP contribution is -2.34. The number of nitrogens with zero attached hydrogens (tertiary/aromatic N) is 4. The van der Waals surface area contributed by atoms with E-state index in [9.17, 15) is 8.42 Å². The van der Waals surface area contributed by atoms with E-state index in [1.165, 1.54) is 4.31 Å². The minimum absolute atomic E-state index is 0.0635. The number of hydrogen-bond donors (Lipinski definition) is 0. The Morgan fingerprint density at radius 3 is 2.59 bits per heavy atom. The summed E-state index contributed by atoms with van der Waals surface area (Å²) in [5.41, 5.74) is 0. The zero-order chi connectivity index (χ0) is 19.3. The van der Waals surface area contributed by atoms with Crippen molar-refractivity contribution in [3.05, 3.63) is 42.5 Å². The van der Waals surface area contributed by atoms with E-state index in [1.54, 1.807) is 18.2 Å². The van der Waals surface area contributed by atoms with Gasteiger partial charge in [0.2, 0.25) is 15.9 Å². The molecule has 1 aliphatic heterocycles. The Balaban J connectivity index is 1.48. The van der Waals surface area contributed by atoms with E-state index in [2.05, 4.69) is 10.2 Å². The van der Waals surface area contributed by atoms with Crippen LogP contribution in [0.1, 0.15) is 6.42 Å². The lowest BCUT2D eigenvalue weighted by atomic mass is 10.3. The first-order chi connectivity index (χ1) is 12.9. The molecule has 27 heavy (non-hydrogen) atoms. The molecule has 2 aromatic rings. The second-order valence-corrected chi connectivity index (χ2v) is 8.58. The van der Waals surface area contributed by atoms with Gasteiger partial charge in [-0.05, 0) is 24.6 Å². The highest BCUT2D eigenvalue weighted by molar-refractivity contribution is 7.89. The zero-order valence-corrected chi connectivity index (χ0v) is 16.3. The first-order valence-corrected chi connectivity index (χ1v) is 10.4. The Kier molecular flexibility index (Phi) is 6.12. The summed E-state index contributed by atoms with van der Waals surface area (Å²) in [4.78, 5) is 1.85. The van der Waals surface area contributed by atoms with E-state index in [-0.39, 0.29) is 18.5 Å². The molecule has 8 nitrogen and oxygen atoms in total. The van der Waals surface area contributed by atoms with Gasteiger partial charge in [-0.1, -0.05) is 18.2 Å². The maximum atomic E-state index is 12.5. The molecule has 0 aliphatic carbocycles. The molecule has 0 amide bonds. The van der Waals surface area contributed by atoms with Crippen molar-refractivity contribution < 1.29 is 17.9 Å². The van der Waals surface area contributed by atoms with Crippen LogP contribution < -0.4 is 14.4 Å². The lowest BCUT2D eigenvalue weighted by molar-refractivity contribution is 0.204. The summed E-state index contributed by atoms with van der Waals surface area (Å²) in [7, 11) is 0.374. The van der Waals surface area contributed by atoms with Gasteiger partial charge in [-0.3, -0.25) is 0 Å². The van der Waals surface area contributed by atoms with Crippen molar-refractivity contribution in [2.24, 2.45) is 0 Å². The second kappa shape index (κ2) is 8.53. The number of hydrogen-bond acceptors (Lipinski definition) is 7. The van der Waals surface area contributed by atoms with Crippen molar-refractivity contribution in [2.45, 2.75) is 12.5 Å². The van der Waals surface area contributed by atoms with E-state index in [0.717, 1.165) is 5.82 Å². The smallest absolute Gasteiger partial charge is 0.233 e. The molecular formula is C18H24N4O4S. The molecule has 1 aromatic heterocycles. The molecule has 1 aromatic carbocycles. The highest BCUT2D eigenvalue weighted by atomic mass is 32.2. The van der Waals surface area contributed by atoms with Gasteiger partial charge in [0.05, 0.1) is 12.3 Å². The van der Waals surface area contributed by atoms with Gasteiger partial charge in [-0.25, -0.2) is 8.42 Å². The fraction of sp³-hybridized carbons (Fsp3) is 0.444. The predicted molar refractivity (Wildman–Crippen MR) is 103 cm³/mol. The molecule has 0 bridgehead atoms. The molecule has 3 rings (SSSR count). The van der Waals surface area contributed by atoms with E-state index in [0.29, 0.717) is 31.1 Å². The summed E-state index contributed by atoms with van der Waals surface area (Å²) in [5.74, 6) is 1.73. The van der Waals surface area contributed by atoms with Gasteiger partial charge in [0.15, 0.2) is 5.82 Å². The standard InChI is InChI=1S/C18H24N4O4S/c1-21(2)17-8-9-18(20-19-17)26-16-10-11-22(14-16)27(23,24)13-12-25-15-6-4-3-5-7-15/h3-9,16H,10-14H2,1-2H3. The molecule has 1 atom stereocenters. The summed E-state index contributed by atoms with van der Waals surface area (Å²) in [6, 6.07) is 12.7. The Morgan fingerprint density at radius 1 is 1.15 bits per heavy atom. The number of benzene rings is 1. The van der Waals surface area contributed by atoms with Gasteiger partial charge < -0.3 is 14.4 Å². The third-order valence-corrected chi connectivity index (χ3v) is 6.03. The van der Waals surface area contributed by atoms with Crippen molar-refractivity contribution in [1.82, 2.24) is 14.5 Å². The number of ether oxygens (including phenoxy) is 2. The van der Waals surface area contributed by atoms with Gasteiger partial charge in [0.1, 0.15) is 18.5 Å². The monoisotopic (exact) mass is 392 g/mol. The average molecular weight is 392 g/mol. The van der Waals surface area contributed by atoms with Crippen LogP contribution in [0.2, 0.25) is 0 Å². The van der Waals surface area contributed by atoms with Gasteiger partial charge >= 0.3 is 0 Å². The molecule has 1 saturated heterocycles. The average Bonchev–Trinajstić information content (AvgIpc) is 3.12. The first-order valence-electron chi connectivity index (χ1n) is 8.77. The Morgan fingerprint density at radius 2 is 1.93 bits per heavy atom. The summed E-state index contributed by atoms with van der Waals surface area (Å²) in [6.45, 7) is 0.859. The van der Waals surface area contributed by atoms with Crippen LogP contribution in [0.25, 0.3) is 0 Å². The zero-order valence-electron chi connectivity index (χ0n) is 15.5. The highest BCUT2D eigenvalue weighted by Gasteiger charge is 2.32. The second-order valence-electron chi connectivity index (χ2n) is 6.49. The van der Waals surface area contributed by atoms with Gasteiger partial charge in [0, 0.05) is 26.7 Å². The van der Waals surface area contributed by atoms with Crippen LogP contribution in [-0.4, -0.2) is 68.6 Å². The van der Waals surface area contributed by atoms with E-state index in [4.69, 9.17) is 9.47 Å². The van der Waals surface area contributed by atoms with Crippen molar-refractivity contribution in [3.8, 4) is 11.6 Å². The predicted octanol–water partition coefficient (Wildman–Crippen LogP) is 1.40. The molecule has 1 unspecified atom stereocenters. The third-order valence-electron chi connectivity index (χ3n) is 4.23. The molecule has 1 aliphatic rings. The van der Waals surface area contributed by atoms with E-state index in [1.807, 2.05) is 43.3 Å². The van der Waals surface area contributed by atoms with E-state index < -0.39 is 10.0 Å². The van der Waals surface area contributed by atoms with Crippen LogP contribution in [0, 0.1) is 0 Å². The molecular weight excluding hydrogens is 368 g/mol. The molecule has 1 fully saturated rings. The topological polar surface area (TPSA) is 84.9 Å². The normalized spacial score (nSPS) is 17.6. The number of para-hydroxylation sites is 1. The molecule has 146 valence electrons. The van der Waals surface area contributed by atoms with Gasteiger partial charge in [0.25, 0.3) is 0 Å². The Labute approximate surface area is 159 Å². The summed E-state index contributed by atoms with van der Waals surface area (Å²) in [5, 5.41) is 8.09. The molecule has 0 radical (unpaired) electrons. The van der Waals surface area contributed by atoms with Crippen LogP contribution in [0.5, 0.6) is 11.6 Å². The maximum Gasteiger partial charge on any atom is 0.233 e. The molecule has 0 N–H and O–H groups in total. The first kappa shape index (κ1) is 19.4. The van der Waals surface area contributed by atoms with Crippen molar-refractivity contribution in [3.63, 3.8) is 0 Å². The quantitative estimate of drug-likeness (QED) is 0.671. The summed E-state index contributed by atoms with van der Waals surface area (Å²) < 4.78 is 37.7. The highest BCUT2D eigenvalue weighted by Crippen LogP contribution is 2.20. The fourth-order valence-electron chi connectivity index (χ4n) is 2.74. The molecule has 0 spiro atoms. The number of sulfonamides is 1.